The molecule has 0 fully saturated rings. The Morgan fingerprint density at radius 2 is 2.33 bits per heavy atom. The van der Waals surface area contributed by atoms with E-state index in [1.165, 1.54) is 0 Å². The van der Waals surface area contributed by atoms with Crippen LogP contribution in [0.3, 0.4) is 0 Å². The lowest BCUT2D eigenvalue weighted by Gasteiger charge is -2.12. The van der Waals surface area contributed by atoms with Crippen LogP contribution in [-0.2, 0) is 4.79 Å². The number of carbonyl (C=O) groups is 1. The van der Waals surface area contributed by atoms with Crippen molar-refractivity contribution in [1.82, 2.24) is 15.6 Å². The first kappa shape index (κ1) is 11.7. The fourth-order valence-corrected chi connectivity index (χ4v) is 1.24. The number of rotatable bonds is 5. The van der Waals surface area contributed by atoms with E-state index in [4.69, 9.17) is 0 Å². The molecule has 0 saturated heterocycles. The molecule has 0 aliphatic rings. The normalized spacial score (nSPS) is 12.1. The Labute approximate surface area is 90.1 Å². The van der Waals surface area contributed by atoms with Crippen molar-refractivity contribution in [2.75, 3.05) is 13.1 Å². The van der Waals surface area contributed by atoms with Crippen LogP contribution < -0.4 is 10.6 Å². The Morgan fingerprint density at radius 1 is 1.53 bits per heavy atom. The molecule has 0 aliphatic heterocycles. The van der Waals surface area contributed by atoms with Gasteiger partial charge in [0.25, 0.3) is 0 Å². The van der Waals surface area contributed by atoms with Gasteiger partial charge in [0.05, 0.1) is 12.2 Å². The van der Waals surface area contributed by atoms with Crippen molar-refractivity contribution < 1.29 is 4.79 Å². The maximum Gasteiger partial charge on any atom is 0.233 e. The third-order valence-corrected chi connectivity index (χ3v) is 2.07. The van der Waals surface area contributed by atoms with E-state index in [2.05, 4.69) is 15.6 Å². The third kappa shape index (κ3) is 4.08. The number of amides is 1. The average Bonchev–Trinajstić information content (AvgIpc) is 2.27. The fourth-order valence-electron chi connectivity index (χ4n) is 1.24. The fraction of sp³-hybridized carbons (Fsp3) is 0.455. The summed E-state index contributed by atoms with van der Waals surface area (Å²) in [5.74, 6) is 0.0141. The van der Waals surface area contributed by atoms with Gasteiger partial charge in [0.1, 0.15) is 0 Å². The number of carbonyl (C=O) groups excluding carboxylic acids is 1. The topological polar surface area (TPSA) is 54.0 Å². The molecular weight excluding hydrogens is 190 g/mol. The second kappa shape index (κ2) is 6.14. The summed E-state index contributed by atoms with van der Waals surface area (Å²) in [6, 6.07) is 5.84. The highest BCUT2D eigenvalue weighted by atomic mass is 16.1. The van der Waals surface area contributed by atoms with Crippen LogP contribution in [0.2, 0.25) is 0 Å². The number of nitrogens with one attached hydrogen (secondary N) is 2. The standard InChI is InChI=1S/C11H17N3O/c1-3-12-11(15)8-14-9(2)10-6-4-5-7-13-10/h4-7,9,14H,3,8H2,1-2H3,(H,12,15)/t9-/m1/s1. The van der Waals surface area contributed by atoms with Crippen LogP contribution >= 0.6 is 0 Å². The lowest BCUT2D eigenvalue weighted by molar-refractivity contribution is -0.120. The minimum Gasteiger partial charge on any atom is -0.355 e. The molecular formula is C11H17N3O. The quantitative estimate of drug-likeness (QED) is 0.753. The molecule has 4 heteroatoms. The maximum atomic E-state index is 11.2. The molecule has 0 spiro atoms. The Morgan fingerprint density at radius 3 is 2.93 bits per heavy atom. The number of hydrogen-bond donors (Lipinski definition) is 2. The molecule has 15 heavy (non-hydrogen) atoms. The molecule has 4 nitrogen and oxygen atoms in total. The summed E-state index contributed by atoms with van der Waals surface area (Å²) in [5, 5.41) is 5.84. The molecule has 1 atom stereocenters. The van der Waals surface area contributed by atoms with Crippen molar-refractivity contribution in [2.45, 2.75) is 19.9 Å². The molecule has 0 radical (unpaired) electrons. The summed E-state index contributed by atoms with van der Waals surface area (Å²) in [5.41, 5.74) is 0.946. The molecule has 1 aromatic heterocycles. The zero-order valence-electron chi connectivity index (χ0n) is 9.16. The SMILES string of the molecule is CCNC(=O)CN[C@H](C)c1ccccn1. The summed E-state index contributed by atoms with van der Waals surface area (Å²) in [6.07, 6.45) is 1.75. The highest BCUT2D eigenvalue weighted by Gasteiger charge is 2.07. The summed E-state index contributed by atoms with van der Waals surface area (Å²) < 4.78 is 0. The summed E-state index contributed by atoms with van der Waals surface area (Å²) in [7, 11) is 0. The Kier molecular flexibility index (Phi) is 4.77. The predicted octanol–water partition coefficient (Wildman–Crippen LogP) is 0.868. The van der Waals surface area contributed by atoms with E-state index in [0.29, 0.717) is 13.1 Å². The van der Waals surface area contributed by atoms with Gasteiger partial charge >= 0.3 is 0 Å². The van der Waals surface area contributed by atoms with Crippen LogP contribution in [0.1, 0.15) is 25.6 Å². The first-order valence-corrected chi connectivity index (χ1v) is 5.15. The number of nitrogens with zero attached hydrogens (tertiary/aromatic N) is 1. The summed E-state index contributed by atoms with van der Waals surface area (Å²) in [4.78, 5) is 15.4. The van der Waals surface area contributed by atoms with Crippen LogP contribution in [0.25, 0.3) is 0 Å². The number of hydrogen-bond acceptors (Lipinski definition) is 3. The van der Waals surface area contributed by atoms with Crippen molar-refractivity contribution in [3.63, 3.8) is 0 Å². The minimum absolute atomic E-state index is 0.0141. The van der Waals surface area contributed by atoms with Crippen molar-refractivity contribution >= 4 is 5.91 Å². The molecule has 0 aliphatic carbocycles. The van der Waals surface area contributed by atoms with Gasteiger partial charge in [-0.25, -0.2) is 0 Å². The molecule has 0 bridgehead atoms. The number of pyridine rings is 1. The van der Waals surface area contributed by atoms with Crippen molar-refractivity contribution in [3.8, 4) is 0 Å². The zero-order valence-corrected chi connectivity index (χ0v) is 9.16. The number of likely N-dealkylation sites (N-methyl/N-ethyl adjacent to an activating group) is 1. The smallest absolute Gasteiger partial charge is 0.233 e. The van der Waals surface area contributed by atoms with E-state index in [9.17, 15) is 4.79 Å². The summed E-state index contributed by atoms with van der Waals surface area (Å²) >= 11 is 0. The molecule has 0 aromatic carbocycles. The Hall–Kier alpha value is -1.42. The summed E-state index contributed by atoms with van der Waals surface area (Å²) in [6.45, 7) is 4.88. The minimum atomic E-state index is 0.0141. The average molecular weight is 207 g/mol. The number of aromatic nitrogens is 1. The van der Waals surface area contributed by atoms with Crippen LogP contribution in [-0.4, -0.2) is 24.0 Å². The van der Waals surface area contributed by atoms with E-state index in [1.54, 1.807) is 6.20 Å². The van der Waals surface area contributed by atoms with E-state index in [1.807, 2.05) is 32.0 Å². The molecule has 2 N–H and O–H groups in total. The molecule has 1 heterocycles. The van der Waals surface area contributed by atoms with Crippen LogP contribution in [0.4, 0.5) is 0 Å². The van der Waals surface area contributed by atoms with Gasteiger partial charge in [0.2, 0.25) is 5.91 Å². The second-order valence-corrected chi connectivity index (χ2v) is 3.31. The van der Waals surface area contributed by atoms with Crippen molar-refractivity contribution in [2.24, 2.45) is 0 Å². The monoisotopic (exact) mass is 207 g/mol. The zero-order chi connectivity index (χ0) is 11.1. The Balaban J connectivity index is 2.37. The molecule has 1 rings (SSSR count). The lowest BCUT2D eigenvalue weighted by Crippen LogP contribution is -2.35. The van der Waals surface area contributed by atoms with Gasteiger partial charge in [0.15, 0.2) is 0 Å². The molecule has 0 unspecified atom stereocenters. The van der Waals surface area contributed by atoms with E-state index >= 15 is 0 Å². The van der Waals surface area contributed by atoms with E-state index in [0.717, 1.165) is 5.69 Å². The highest BCUT2D eigenvalue weighted by molar-refractivity contribution is 5.77. The first-order chi connectivity index (χ1) is 7.24. The van der Waals surface area contributed by atoms with Gasteiger partial charge in [0, 0.05) is 18.8 Å². The highest BCUT2D eigenvalue weighted by Crippen LogP contribution is 2.06. The van der Waals surface area contributed by atoms with Crippen molar-refractivity contribution in [3.05, 3.63) is 30.1 Å². The van der Waals surface area contributed by atoms with Crippen molar-refractivity contribution in [1.29, 1.82) is 0 Å². The second-order valence-electron chi connectivity index (χ2n) is 3.31. The molecule has 1 aromatic rings. The molecule has 82 valence electrons. The first-order valence-electron chi connectivity index (χ1n) is 5.15. The van der Waals surface area contributed by atoms with Gasteiger partial charge in [-0.2, -0.15) is 0 Å². The van der Waals surface area contributed by atoms with Gasteiger partial charge in [-0.1, -0.05) is 6.07 Å². The molecule has 1 amide bonds. The van der Waals surface area contributed by atoms with Gasteiger partial charge in [-0.05, 0) is 26.0 Å². The van der Waals surface area contributed by atoms with E-state index < -0.39 is 0 Å². The van der Waals surface area contributed by atoms with Crippen LogP contribution in [0.15, 0.2) is 24.4 Å². The maximum absolute atomic E-state index is 11.2. The third-order valence-electron chi connectivity index (χ3n) is 2.07. The van der Waals surface area contributed by atoms with Gasteiger partial charge in [-0.15, -0.1) is 0 Å². The predicted molar refractivity (Wildman–Crippen MR) is 59.3 cm³/mol. The van der Waals surface area contributed by atoms with Gasteiger partial charge < -0.3 is 10.6 Å². The van der Waals surface area contributed by atoms with E-state index in [-0.39, 0.29) is 11.9 Å². The van der Waals surface area contributed by atoms with Gasteiger partial charge in [-0.3, -0.25) is 9.78 Å². The molecule has 0 saturated carbocycles. The largest absolute Gasteiger partial charge is 0.355 e. The Bertz CT molecular complexity index is 300. The van der Waals surface area contributed by atoms with Crippen LogP contribution in [0, 0.1) is 0 Å². The lowest BCUT2D eigenvalue weighted by atomic mass is 10.2. The van der Waals surface area contributed by atoms with Crippen LogP contribution in [0.5, 0.6) is 0 Å².